The number of rotatable bonds is 2. The summed E-state index contributed by atoms with van der Waals surface area (Å²) in [5.41, 5.74) is 0. The van der Waals surface area contributed by atoms with E-state index in [2.05, 4.69) is 13.8 Å². The minimum atomic E-state index is -0.280. The molecule has 0 radical (unpaired) electrons. The van der Waals surface area contributed by atoms with Gasteiger partial charge in [-0.3, -0.25) is 0 Å². The van der Waals surface area contributed by atoms with Gasteiger partial charge in [-0.25, -0.2) is 0 Å². The van der Waals surface area contributed by atoms with E-state index in [1.807, 2.05) is 0 Å². The molecular formula is C9H18O2. The molecule has 1 saturated heterocycles. The Morgan fingerprint density at radius 3 is 2.73 bits per heavy atom. The quantitative estimate of drug-likeness (QED) is 0.613. The van der Waals surface area contributed by atoms with E-state index in [1.165, 1.54) is 12.8 Å². The lowest BCUT2D eigenvalue weighted by Gasteiger charge is -2.40. The molecule has 1 aliphatic rings. The second kappa shape index (κ2) is 3.55. The Bertz CT molecular complexity index is 119. The van der Waals surface area contributed by atoms with E-state index in [9.17, 15) is 0 Å². The summed E-state index contributed by atoms with van der Waals surface area (Å²) in [4.78, 5) is 0. The summed E-state index contributed by atoms with van der Waals surface area (Å²) in [5, 5.41) is 0. The zero-order valence-electron chi connectivity index (χ0n) is 7.72. The fourth-order valence-electron chi connectivity index (χ4n) is 1.85. The average molecular weight is 158 g/mol. The van der Waals surface area contributed by atoms with Crippen LogP contribution in [0.5, 0.6) is 0 Å². The standard InChI is InChI=1S/C9H18O2/c1-4-9(10-3)8(2)6-5-7-11-9/h8H,4-7H2,1-3H3. The van der Waals surface area contributed by atoms with Crippen molar-refractivity contribution in [1.82, 2.24) is 0 Å². The molecule has 2 atom stereocenters. The van der Waals surface area contributed by atoms with Crippen LogP contribution >= 0.6 is 0 Å². The summed E-state index contributed by atoms with van der Waals surface area (Å²) >= 11 is 0. The maximum Gasteiger partial charge on any atom is 0.170 e. The van der Waals surface area contributed by atoms with Gasteiger partial charge in [-0.1, -0.05) is 13.8 Å². The van der Waals surface area contributed by atoms with Crippen LogP contribution in [0, 0.1) is 5.92 Å². The average Bonchev–Trinajstić information content (AvgIpc) is 2.06. The third kappa shape index (κ3) is 1.57. The topological polar surface area (TPSA) is 18.5 Å². The first-order valence-electron chi connectivity index (χ1n) is 4.44. The lowest BCUT2D eigenvalue weighted by atomic mass is 9.91. The van der Waals surface area contributed by atoms with E-state index in [-0.39, 0.29) is 5.79 Å². The minimum Gasteiger partial charge on any atom is -0.353 e. The van der Waals surface area contributed by atoms with Crippen molar-refractivity contribution in [3.05, 3.63) is 0 Å². The Morgan fingerprint density at radius 1 is 1.64 bits per heavy atom. The molecule has 2 heteroatoms. The SMILES string of the molecule is CCC1(OC)OCCCC1C. The maximum absolute atomic E-state index is 5.65. The Labute approximate surface area is 68.9 Å². The third-order valence-corrected chi connectivity index (χ3v) is 2.72. The van der Waals surface area contributed by atoms with E-state index >= 15 is 0 Å². The zero-order chi connectivity index (χ0) is 8.32. The van der Waals surface area contributed by atoms with Crippen LogP contribution in [0.3, 0.4) is 0 Å². The predicted molar refractivity (Wildman–Crippen MR) is 44.4 cm³/mol. The van der Waals surface area contributed by atoms with Crippen molar-refractivity contribution in [2.75, 3.05) is 13.7 Å². The number of hydrogen-bond donors (Lipinski definition) is 0. The first kappa shape index (κ1) is 9.01. The molecule has 1 heterocycles. The molecule has 0 aromatic heterocycles. The second-order valence-corrected chi connectivity index (χ2v) is 3.26. The predicted octanol–water partition coefficient (Wildman–Crippen LogP) is 2.19. The Balaban J connectivity index is 2.61. The van der Waals surface area contributed by atoms with Gasteiger partial charge in [-0.2, -0.15) is 0 Å². The van der Waals surface area contributed by atoms with Crippen molar-refractivity contribution in [2.45, 2.75) is 38.9 Å². The fraction of sp³-hybridized carbons (Fsp3) is 1.00. The van der Waals surface area contributed by atoms with Crippen molar-refractivity contribution >= 4 is 0 Å². The molecule has 1 rings (SSSR count). The van der Waals surface area contributed by atoms with Crippen LogP contribution in [0.25, 0.3) is 0 Å². The fourth-order valence-corrected chi connectivity index (χ4v) is 1.85. The van der Waals surface area contributed by atoms with E-state index in [4.69, 9.17) is 9.47 Å². The largest absolute Gasteiger partial charge is 0.353 e. The highest BCUT2D eigenvalue weighted by atomic mass is 16.7. The van der Waals surface area contributed by atoms with E-state index in [0.717, 1.165) is 13.0 Å². The molecule has 0 bridgehead atoms. The first-order chi connectivity index (χ1) is 5.25. The molecule has 2 unspecified atom stereocenters. The smallest absolute Gasteiger partial charge is 0.170 e. The summed E-state index contributed by atoms with van der Waals surface area (Å²) < 4.78 is 11.1. The Hall–Kier alpha value is -0.0800. The summed E-state index contributed by atoms with van der Waals surface area (Å²) in [6.45, 7) is 5.17. The van der Waals surface area contributed by atoms with Crippen molar-refractivity contribution < 1.29 is 9.47 Å². The minimum absolute atomic E-state index is 0.280. The van der Waals surface area contributed by atoms with Crippen LogP contribution in [0.2, 0.25) is 0 Å². The van der Waals surface area contributed by atoms with Gasteiger partial charge in [-0.05, 0) is 19.3 Å². The molecule has 0 aromatic carbocycles. The highest BCUT2D eigenvalue weighted by molar-refractivity contribution is 4.78. The van der Waals surface area contributed by atoms with Crippen molar-refractivity contribution in [3.63, 3.8) is 0 Å². The van der Waals surface area contributed by atoms with Gasteiger partial charge < -0.3 is 9.47 Å². The summed E-state index contributed by atoms with van der Waals surface area (Å²) in [5.74, 6) is 0.254. The van der Waals surface area contributed by atoms with Crippen LogP contribution in [0.15, 0.2) is 0 Å². The highest BCUT2D eigenvalue weighted by Gasteiger charge is 2.37. The maximum atomic E-state index is 5.65. The molecule has 2 nitrogen and oxygen atoms in total. The number of hydrogen-bond acceptors (Lipinski definition) is 2. The molecule has 0 amide bonds. The van der Waals surface area contributed by atoms with Gasteiger partial charge in [0.1, 0.15) is 0 Å². The second-order valence-electron chi connectivity index (χ2n) is 3.26. The van der Waals surface area contributed by atoms with Gasteiger partial charge in [0.05, 0.1) is 6.61 Å². The van der Waals surface area contributed by atoms with Gasteiger partial charge in [0, 0.05) is 13.0 Å². The zero-order valence-corrected chi connectivity index (χ0v) is 7.72. The van der Waals surface area contributed by atoms with Crippen LogP contribution in [0.1, 0.15) is 33.1 Å². The van der Waals surface area contributed by atoms with Gasteiger partial charge in [-0.15, -0.1) is 0 Å². The van der Waals surface area contributed by atoms with E-state index < -0.39 is 0 Å². The Morgan fingerprint density at radius 2 is 2.36 bits per heavy atom. The molecule has 0 saturated carbocycles. The summed E-state index contributed by atoms with van der Waals surface area (Å²) in [6, 6.07) is 0. The highest BCUT2D eigenvalue weighted by Crippen LogP contribution is 2.33. The van der Waals surface area contributed by atoms with E-state index in [1.54, 1.807) is 7.11 Å². The third-order valence-electron chi connectivity index (χ3n) is 2.72. The van der Waals surface area contributed by atoms with Gasteiger partial charge in [0.2, 0.25) is 0 Å². The van der Waals surface area contributed by atoms with Crippen molar-refractivity contribution in [1.29, 1.82) is 0 Å². The lowest BCUT2D eigenvalue weighted by molar-refractivity contribution is -0.270. The van der Waals surface area contributed by atoms with Crippen LogP contribution in [-0.2, 0) is 9.47 Å². The lowest BCUT2D eigenvalue weighted by Crippen LogP contribution is -2.44. The van der Waals surface area contributed by atoms with Crippen molar-refractivity contribution in [3.8, 4) is 0 Å². The van der Waals surface area contributed by atoms with E-state index in [0.29, 0.717) is 5.92 Å². The van der Waals surface area contributed by atoms with Gasteiger partial charge in [0.25, 0.3) is 0 Å². The molecular weight excluding hydrogens is 140 g/mol. The summed E-state index contributed by atoms with van der Waals surface area (Å²) in [7, 11) is 1.74. The normalized spacial score (nSPS) is 39.0. The van der Waals surface area contributed by atoms with Crippen LogP contribution in [-0.4, -0.2) is 19.5 Å². The Kier molecular flexibility index (Phi) is 2.90. The molecule has 0 aliphatic carbocycles. The van der Waals surface area contributed by atoms with Crippen LogP contribution in [0.4, 0.5) is 0 Å². The molecule has 0 aromatic rings. The van der Waals surface area contributed by atoms with Crippen molar-refractivity contribution in [2.24, 2.45) is 5.92 Å². The first-order valence-corrected chi connectivity index (χ1v) is 4.44. The molecule has 1 fully saturated rings. The number of ether oxygens (including phenoxy) is 2. The molecule has 0 spiro atoms. The van der Waals surface area contributed by atoms with Gasteiger partial charge in [0.15, 0.2) is 5.79 Å². The molecule has 11 heavy (non-hydrogen) atoms. The van der Waals surface area contributed by atoms with Crippen LogP contribution < -0.4 is 0 Å². The number of methoxy groups -OCH3 is 1. The van der Waals surface area contributed by atoms with Gasteiger partial charge >= 0.3 is 0 Å². The molecule has 1 aliphatic heterocycles. The molecule has 66 valence electrons. The molecule has 0 N–H and O–H groups in total. The monoisotopic (exact) mass is 158 g/mol. The summed E-state index contributed by atoms with van der Waals surface area (Å²) in [6.07, 6.45) is 3.35.